The fourth-order valence-corrected chi connectivity index (χ4v) is 0.702. The Morgan fingerprint density at radius 2 is 2.00 bits per heavy atom. The summed E-state index contributed by atoms with van der Waals surface area (Å²) < 4.78 is 9.80. The number of hydrogen-bond acceptors (Lipinski definition) is 4. The van der Waals surface area contributed by atoms with Crippen LogP contribution in [0.2, 0.25) is 0 Å². The summed E-state index contributed by atoms with van der Waals surface area (Å²) in [7, 11) is 0. The van der Waals surface area contributed by atoms with E-state index in [9.17, 15) is 9.59 Å². The van der Waals surface area contributed by atoms with Gasteiger partial charge < -0.3 is 9.47 Å². The first-order valence-corrected chi connectivity index (χ1v) is 4.20. The number of ether oxygens (including phenoxy) is 2. The van der Waals surface area contributed by atoms with Gasteiger partial charge in [-0.2, -0.15) is 0 Å². The third kappa shape index (κ3) is 5.36. The van der Waals surface area contributed by atoms with Crippen molar-refractivity contribution in [3.8, 4) is 0 Å². The molecule has 76 valence electrons. The van der Waals surface area contributed by atoms with Crippen molar-refractivity contribution in [2.24, 2.45) is 0 Å². The number of esters is 1. The van der Waals surface area contributed by atoms with E-state index in [1.165, 1.54) is 0 Å². The number of carbonyl (C=O) groups excluding carboxylic acids is 2. The second-order valence-electron chi connectivity index (χ2n) is 3.55. The van der Waals surface area contributed by atoms with Gasteiger partial charge >= 0.3 is 5.97 Å². The van der Waals surface area contributed by atoms with Gasteiger partial charge in [-0.1, -0.05) is 0 Å². The molecule has 0 saturated carbocycles. The topological polar surface area (TPSA) is 52.6 Å². The molecule has 0 aliphatic carbocycles. The molecule has 4 heteroatoms. The van der Waals surface area contributed by atoms with E-state index in [0.29, 0.717) is 12.9 Å². The van der Waals surface area contributed by atoms with Crippen LogP contribution in [0.3, 0.4) is 0 Å². The summed E-state index contributed by atoms with van der Waals surface area (Å²) in [6, 6.07) is 0. The molecule has 0 N–H and O–H groups in total. The van der Waals surface area contributed by atoms with Crippen molar-refractivity contribution < 1.29 is 19.1 Å². The minimum absolute atomic E-state index is 0.308. The number of carbonyl (C=O) groups is 2. The van der Waals surface area contributed by atoms with Crippen LogP contribution in [0.4, 0.5) is 0 Å². The molecule has 0 aliphatic heterocycles. The van der Waals surface area contributed by atoms with Gasteiger partial charge in [-0.3, -0.25) is 4.79 Å². The maximum Gasteiger partial charge on any atom is 0.343 e. The van der Waals surface area contributed by atoms with Crippen molar-refractivity contribution >= 4 is 12.3 Å². The summed E-state index contributed by atoms with van der Waals surface area (Å²) in [6.45, 7) is 7.22. The molecule has 0 bridgehead atoms. The summed E-state index contributed by atoms with van der Waals surface area (Å²) in [5.41, 5.74) is -0.588. The molecule has 4 nitrogen and oxygen atoms in total. The first-order chi connectivity index (χ1) is 5.90. The van der Waals surface area contributed by atoms with E-state index in [1.54, 1.807) is 27.7 Å². The van der Waals surface area contributed by atoms with Crippen LogP contribution >= 0.6 is 0 Å². The Bertz CT molecular complexity index is 181. The minimum atomic E-state index is -1.09. The van der Waals surface area contributed by atoms with Crippen LogP contribution in [0.25, 0.3) is 0 Å². The molecule has 1 atom stereocenters. The van der Waals surface area contributed by atoms with Gasteiger partial charge in [-0.25, -0.2) is 4.79 Å². The molecule has 0 heterocycles. The maximum absolute atomic E-state index is 11.2. The standard InChI is InChI=1S/C9H16O4/c1-5-12-7(6-10)8(11)13-9(2,3)4/h6-7H,5H2,1-4H3. The highest BCUT2D eigenvalue weighted by Crippen LogP contribution is 2.08. The zero-order valence-corrected chi connectivity index (χ0v) is 8.49. The molecule has 0 radical (unpaired) electrons. The maximum atomic E-state index is 11.2. The zero-order valence-electron chi connectivity index (χ0n) is 8.49. The van der Waals surface area contributed by atoms with Crippen LogP contribution in [0.5, 0.6) is 0 Å². The Hall–Kier alpha value is -0.900. The molecule has 0 aliphatic rings. The van der Waals surface area contributed by atoms with Crippen LogP contribution < -0.4 is 0 Å². The fraction of sp³-hybridized carbons (Fsp3) is 0.778. The van der Waals surface area contributed by atoms with Gasteiger partial charge in [0.15, 0.2) is 6.29 Å². The van der Waals surface area contributed by atoms with Gasteiger partial charge in [0, 0.05) is 6.61 Å². The molecular weight excluding hydrogens is 172 g/mol. The average molecular weight is 188 g/mol. The fourth-order valence-electron chi connectivity index (χ4n) is 0.702. The summed E-state index contributed by atoms with van der Waals surface area (Å²) in [4.78, 5) is 21.6. The molecule has 0 aromatic heterocycles. The lowest BCUT2D eigenvalue weighted by atomic mass is 10.2. The predicted molar refractivity (Wildman–Crippen MR) is 47.3 cm³/mol. The van der Waals surface area contributed by atoms with Crippen LogP contribution in [0, 0.1) is 0 Å². The normalized spacial score (nSPS) is 13.5. The SMILES string of the molecule is CCOC(C=O)C(=O)OC(C)(C)C. The van der Waals surface area contributed by atoms with Crippen LogP contribution in [-0.4, -0.2) is 30.6 Å². The van der Waals surface area contributed by atoms with Gasteiger partial charge in [0.25, 0.3) is 0 Å². The van der Waals surface area contributed by atoms with Crippen LogP contribution in [0.1, 0.15) is 27.7 Å². The summed E-state index contributed by atoms with van der Waals surface area (Å²) in [5, 5.41) is 0. The number of rotatable bonds is 4. The molecule has 0 saturated heterocycles. The predicted octanol–water partition coefficient (Wildman–Crippen LogP) is 0.932. The second kappa shape index (κ2) is 4.97. The third-order valence-corrected chi connectivity index (χ3v) is 1.11. The Balaban J connectivity index is 4.14. The molecule has 0 fully saturated rings. The highest BCUT2D eigenvalue weighted by Gasteiger charge is 2.24. The van der Waals surface area contributed by atoms with E-state index >= 15 is 0 Å². The average Bonchev–Trinajstić information content (AvgIpc) is 1.96. The second-order valence-corrected chi connectivity index (χ2v) is 3.55. The lowest BCUT2D eigenvalue weighted by Gasteiger charge is -2.21. The quantitative estimate of drug-likeness (QED) is 0.374. The van der Waals surface area contributed by atoms with Gasteiger partial charge in [-0.05, 0) is 27.7 Å². The molecular formula is C9H16O4. The van der Waals surface area contributed by atoms with E-state index in [1.807, 2.05) is 0 Å². The minimum Gasteiger partial charge on any atom is -0.458 e. The van der Waals surface area contributed by atoms with Crippen molar-refractivity contribution in [2.45, 2.75) is 39.4 Å². The van der Waals surface area contributed by atoms with E-state index in [-0.39, 0.29) is 0 Å². The van der Waals surface area contributed by atoms with Gasteiger partial charge in [0.1, 0.15) is 5.60 Å². The Labute approximate surface area is 78.2 Å². The number of hydrogen-bond donors (Lipinski definition) is 0. The van der Waals surface area contributed by atoms with Crippen molar-refractivity contribution in [3.63, 3.8) is 0 Å². The van der Waals surface area contributed by atoms with E-state index in [2.05, 4.69) is 0 Å². The monoisotopic (exact) mass is 188 g/mol. The lowest BCUT2D eigenvalue weighted by molar-refractivity contribution is -0.168. The van der Waals surface area contributed by atoms with Gasteiger partial charge in [-0.15, -0.1) is 0 Å². The summed E-state index contributed by atoms with van der Waals surface area (Å²) in [6.07, 6.45) is -0.651. The van der Waals surface area contributed by atoms with Gasteiger partial charge in [0.2, 0.25) is 6.10 Å². The lowest BCUT2D eigenvalue weighted by Crippen LogP contribution is -2.34. The third-order valence-electron chi connectivity index (χ3n) is 1.11. The first-order valence-electron chi connectivity index (χ1n) is 4.20. The molecule has 0 amide bonds. The molecule has 0 aromatic rings. The molecule has 0 rings (SSSR count). The summed E-state index contributed by atoms with van der Waals surface area (Å²) >= 11 is 0. The van der Waals surface area contributed by atoms with E-state index in [0.717, 1.165) is 0 Å². The van der Waals surface area contributed by atoms with Crippen molar-refractivity contribution in [1.82, 2.24) is 0 Å². The highest BCUT2D eigenvalue weighted by atomic mass is 16.6. The first kappa shape index (κ1) is 12.1. The van der Waals surface area contributed by atoms with Crippen molar-refractivity contribution in [3.05, 3.63) is 0 Å². The summed E-state index contributed by atoms with van der Waals surface area (Å²) in [5.74, 6) is -0.635. The Morgan fingerprint density at radius 3 is 2.31 bits per heavy atom. The van der Waals surface area contributed by atoms with Gasteiger partial charge in [0.05, 0.1) is 0 Å². The van der Waals surface area contributed by atoms with E-state index < -0.39 is 17.7 Å². The highest BCUT2D eigenvalue weighted by molar-refractivity contribution is 5.91. The smallest absolute Gasteiger partial charge is 0.343 e. The van der Waals surface area contributed by atoms with Crippen LogP contribution in [0.15, 0.2) is 0 Å². The Morgan fingerprint density at radius 1 is 1.46 bits per heavy atom. The van der Waals surface area contributed by atoms with Crippen molar-refractivity contribution in [1.29, 1.82) is 0 Å². The van der Waals surface area contributed by atoms with E-state index in [4.69, 9.17) is 9.47 Å². The zero-order chi connectivity index (χ0) is 10.5. The molecule has 0 aromatic carbocycles. The molecule has 0 spiro atoms. The largest absolute Gasteiger partial charge is 0.458 e. The molecule has 13 heavy (non-hydrogen) atoms. The number of aldehydes is 1. The Kier molecular flexibility index (Phi) is 4.62. The van der Waals surface area contributed by atoms with Crippen molar-refractivity contribution in [2.75, 3.05) is 6.61 Å². The van der Waals surface area contributed by atoms with Crippen LogP contribution in [-0.2, 0) is 19.1 Å². The molecule has 1 unspecified atom stereocenters.